The second-order valence-electron chi connectivity index (χ2n) is 9.74. The summed E-state index contributed by atoms with van der Waals surface area (Å²) < 4.78 is 16.7. The van der Waals surface area contributed by atoms with E-state index < -0.39 is 55.6 Å². The second kappa shape index (κ2) is 9.84. The van der Waals surface area contributed by atoms with Crippen LogP contribution in [0.15, 0.2) is 0 Å². The molecule has 4 rings (SSSR count). The van der Waals surface area contributed by atoms with Gasteiger partial charge < -0.3 is 50.0 Å². The van der Waals surface area contributed by atoms with E-state index >= 15 is 0 Å². The second-order valence-corrected chi connectivity index (χ2v) is 9.74. The number of aliphatic hydroxyl groups is 9. The molecule has 0 radical (unpaired) electrons. The zero-order valence-corrected chi connectivity index (χ0v) is 17.6. The molecule has 0 amide bonds. The molecule has 6 unspecified atom stereocenters. The molecule has 31 heavy (non-hydrogen) atoms. The Kier molecular flexibility index (Phi) is 7.54. The average Bonchev–Trinajstić information content (AvgIpc) is 2.74. The number of hydrogen-bond donors (Lipinski definition) is 7. The van der Waals surface area contributed by atoms with E-state index in [-0.39, 0.29) is 36.6 Å². The molecule has 0 bridgehead atoms. The minimum absolute atomic E-state index is 0.149. The maximum atomic E-state index is 10.5. The van der Waals surface area contributed by atoms with Crippen molar-refractivity contribution in [2.75, 3.05) is 6.61 Å². The summed E-state index contributed by atoms with van der Waals surface area (Å²) in [6.45, 7) is -0.537. The molecule has 8 N–H and O–H groups in total. The quantitative estimate of drug-likeness (QED) is 0.229. The fourth-order valence-electron chi connectivity index (χ4n) is 5.83. The summed E-state index contributed by atoms with van der Waals surface area (Å²) >= 11 is 0. The lowest BCUT2D eigenvalue weighted by Gasteiger charge is -2.48. The Labute approximate surface area is 181 Å². The van der Waals surface area contributed by atoms with Gasteiger partial charge in [-0.25, -0.2) is 0 Å². The van der Waals surface area contributed by atoms with E-state index in [1.807, 2.05) is 0 Å². The monoisotopic (exact) mass is 449 g/mol. The molecule has 2 aliphatic heterocycles. The van der Waals surface area contributed by atoms with Gasteiger partial charge in [0.05, 0.1) is 30.8 Å². The van der Waals surface area contributed by atoms with Crippen molar-refractivity contribution in [1.29, 1.82) is 0 Å². The first-order valence-corrected chi connectivity index (χ1v) is 11.5. The predicted octanol–water partition coefficient (Wildman–Crippen LogP) is -2.48. The van der Waals surface area contributed by atoms with Crippen molar-refractivity contribution >= 4 is 0 Å². The predicted molar refractivity (Wildman–Crippen MR) is 106 cm³/mol. The molecule has 0 aromatic heterocycles. The molecule has 0 aromatic rings. The Morgan fingerprint density at radius 1 is 0.806 bits per heavy atom. The van der Waals surface area contributed by atoms with Gasteiger partial charge in [-0.2, -0.15) is 0 Å². The van der Waals surface area contributed by atoms with Crippen LogP contribution in [0.4, 0.5) is 0 Å². The Hall–Kier alpha value is -0.400. The molecular formula is C21H37O10+. The van der Waals surface area contributed by atoms with Crippen molar-refractivity contribution in [2.45, 2.75) is 112 Å². The summed E-state index contributed by atoms with van der Waals surface area (Å²) in [4.78, 5) is 0. The van der Waals surface area contributed by atoms with Gasteiger partial charge >= 0.3 is 0 Å². The smallest absolute Gasteiger partial charge is 0.187 e. The van der Waals surface area contributed by atoms with Gasteiger partial charge in [-0.15, -0.1) is 0 Å². The minimum Gasteiger partial charge on any atom is -0.427 e. The summed E-state index contributed by atoms with van der Waals surface area (Å²) in [7, 11) is 0. The Balaban J connectivity index is 1.52. The van der Waals surface area contributed by atoms with Crippen LogP contribution in [0.1, 0.15) is 44.9 Å². The molecule has 0 spiro atoms. The van der Waals surface area contributed by atoms with E-state index in [0.29, 0.717) is 25.7 Å². The maximum Gasteiger partial charge on any atom is 0.187 e. The summed E-state index contributed by atoms with van der Waals surface area (Å²) in [5.74, 6) is -0.0424. The van der Waals surface area contributed by atoms with Crippen LogP contribution in [-0.2, 0) is 9.47 Å². The first-order chi connectivity index (χ1) is 14.8. The van der Waals surface area contributed by atoms with Gasteiger partial charge in [0.15, 0.2) is 18.5 Å². The van der Waals surface area contributed by atoms with Crippen LogP contribution >= 0.6 is 0 Å². The molecule has 4 aliphatic rings. The van der Waals surface area contributed by atoms with Crippen molar-refractivity contribution < 1.29 is 50.0 Å². The molecular weight excluding hydrogens is 412 g/mol. The van der Waals surface area contributed by atoms with E-state index in [0.717, 1.165) is 12.8 Å². The van der Waals surface area contributed by atoms with Gasteiger partial charge in [-0.1, -0.05) is 0 Å². The molecule has 11 atom stereocenters. The topological polar surface area (TPSA) is 173 Å². The lowest BCUT2D eigenvalue weighted by molar-refractivity contribution is -0.355. The third kappa shape index (κ3) is 4.93. The highest BCUT2D eigenvalue weighted by Gasteiger charge is 2.54. The SMILES string of the molecule is OC[C@H]1O[C@H](OC2CC3C(O)CC(O)CC3[OH+]C2C2CCC(O)CC2)[C@H](O)[C@@H](O)[C@@H]1O. The number of ether oxygens (including phenoxy) is 3. The van der Waals surface area contributed by atoms with E-state index in [9.17, 15) is 35.7 Å². The summed E-state index contributed by atoms with van der Waals surface area (Å²) in [5, 5.41) is 70.6. The number of rotatable bonds is 4. The lowest BCUT2D eigenvalue weighted by atomic mass is 9.73. The Bertz CT molecular complexity index is 583. The molecule has 2 heterocycles. The largest absolute Gasteiger partial charge is 0.427 e. The first-order valence-electron chi connectivity index (χ1n) is 11.5. The fraction of sp³-hybridized carbons (Fsp3) is 1.00. The van der Waals surface area contributed by atoms with Gasteiger partial charge in [0.25, 0.3) is 0 Å². The van der Waals surface area contributed by atoms with Crippen LogP contribution in [0.5, 0.6) is 0 Å². The third-order valence-electron chi connectivity index (χ3n) is 7.65. The molecule has 10 heteroatoms. The fourth-order valence-corrected chi connectivity index (χ4v) is 5.83. The van der Waals surface area contributed by atoms with Crippen LogP contribution in [-0.4, -0.2) is 114 Å². The zero-order valence-electron chi connectivity index (χ0n) is 17.6. The number of fused-ring (bicyclic) bond motifs is 1. The van der Waals surface area contributed by atoms with Crippen molar-refractivity contribution in [3.05, 3.63) is 0 Å². The van der Waals surface area contributed by atoms with E-state index in [1.165, 1.54) is 0 Å². The maximum absolute atomic E-state index is 10.5. The van der Waals surface area contributed by atoms with E-state index in [1.54, 1.807) is 0 Å². The Morgan fingerprint density at radius 3 is 2.19 bits per heavy atom. The van der Waals surface area contributed by atoms with Crippen LogP contribution in [0.25, 0.3) is 0 Å². The molecule has 2 saturated heterocycles. The van der Waals surface area contributed by atoms with Crippen LogP contribution in [0.2, 0.25) is 0 Å². The van der Waals surface area contributed by atoms with Crippen molar-refractivity contribution in [3.8, 4) is 0 Å². The first kappa shape index (κ1) is 23.7. The number of aliphatic hydroxyl groups excluding tert-OH is 7. The standard InChI is InChI=1S/C21H36O10/c22-8-16-17(26)18(27)19(28)21(31-16)30-15-7-12-13(25)5-11(24)6-14(12)29-20(15)9-1-3-10(23)4-2-9/h9-28H,1-8H2/p+1/t9?,10?,11?,12?,13?,14?,15?,16-,17-,18+,19-,20?,21+/m1/s1. The van der Waals surface area contributed by atoms with E-state index in [2.05, 4.69) is 0 Å². The van der Waals surface area contributed by atoms with Gasteiger partial charge in [-0.3, -0.25) is 0 Å². The Morgan fingerprint density at radius 2 is 1.52 bits per heavy atom. The van der Waals surface area contributed by atoms with Gasteiger partial charge in [-0.05, 0) is 32.1 Å². The molecule has 180 valence electrons. The molecule has 10 nitrogen and oxygen atoms in total. The molecule has 4 fully saturated rings. The van der Waals surface area contributed by atoms with Gasteiger partial charge in [0.1, 0.15) is 30.5 Å². The zero-order chi connectivity index (χ0) is 22.3. The highest BCUT2D eigenvalue weighted by molar-refractivity contribution is 4.97. The van der Waals surface area contributed by atoms with Gasteiger partial charge in [0.2, 0.25) is 0 Å². The average molecular weight is 450 g/mol. The van der Waals surface area contributed by atoms with E-state index in [4.69, 9.17) is 14.2 Å². The van der Waals surface area contributed by atoms with Gasteiger partial charge in [0, 0.05) is 18.8 Å². The van der Waals surface area contributed by atoms with Crippen LogP contribution in [0, 0.1) is 11.8 Å². The van der Waals surface area contributed by atoms with Crippen LogP contribution in [0.3, 0.4) is 0 Å². The van der Waals surface area contributed by atoms with Crippen molar-refractivity contribution in [3.63, 3.8) is 0 Å². The highest BCUT2D eigenvalue weighted by Crippen LogP contribution is 2.42. The third-order valence-corrected chi connectivity index (χ3v) is 7.65. The molecule has 2 saturated carbocycles. The van der Waals surface area contributed by atoms with Crippen molar-refractivity contribution in [1.82, 2.24) is 0 Å². The molecule has 0 aromatic carbocycles. The van der Waals surface area contributed by atoms with Crippen LogP contribution < -0.4 is 0 Å². The summed E-state index contributed by atoms with van der Waals surface area (Å²) in [6, 6.07) is 0. The highest BCUT2D eigenvalue weighted by atomic mass is 16.7. The lowest BCUT2D eigenvalue weighted by Crippen LogP contribution is -2.62. The summed E-state index contributed by atoms with van der Waals surface area (Å²) in [6.07, 6.45) is -5.29. The number of hydrogen-bond acceptors (Lipinski definition) is 9. The normalized spacial score (nSPS) is 53.7. The summed E-state index contributed by atoms with van der Waals surface area (Å²) in [5.41, 5.74) is 0. The minimum atomic E-state index is -1.53. The van der Waals surface area contributed by atoms with Crippen molar-refractivity contribution in [2.24, 2.45) is 11.8 Å². The molecule has 2 aliphatic carbocycles.